The van der Waals surface area contributed by atoms with Gasteiger partial charge >= 0.3 is 6.18 Å². The molecule has 0 fully saturated rings. The molecule has 3 aromatic rings. The Morgan fingerprint density at radius 2 is 2.06 bits per heavy atom. The molecule has 0 saturated carbocycles. The lowest BCUT2D eigenvalue weighted by atomic mass is 10.1. The molecule has 3 heterocycles. The summed E-state index contributed by atoms with van der Waals surface area (Å²) in [6.07, 6.45) is -2.17. The lowest BCUT2D eigenvalue weighted by Crippen LogP contribution is -2.35. The SMILES string of the molecule is CCCc1nc2c(c(=O)[nH]1)CN(Cc1ccc(-c3cc(C(F)(F)F)ccc3Cl)o1)CC2. The summed E-state index contributed by atoms with van der Waals surface area (Å²) in [6.45, 7) is 3.59. The molecule has 1 aliphatic heterocycles. The lowest BCUT2D eigenvalue weighted by Gasteiger charge is -2.26. The van der Waals surface area contributed by atoms with Crippen LogP contribution in [0.25, 0.3) is 11.3 Å². The quantitative estimate of drug-likeness (QED) is 0.578. The molecule has 0 aliphatic carbocycles. The topological polar surface area (TPSA) is 62.1 Å². The minimum atomic E-state index is -4.46. The third kappa shape index (κ3) is 4.70. The van der Waals surface area contributed by atoms with Crippen LogP contribution in [0, 0.1) is 0 Å². The van der Waals surface area contributed by atoms with E-state index in [1.807, 2.05) is 6.92 Å². The second-order valence-corrected chi connectivity index (χ2v) is 8.01. The van der Waals surface area contributed by atoms with Crippen molar-refractivity contribution < 1.29 is 17.6 Å². The number of nitrogens with zero attached hydrogens (tertiary/aromatic N) is 2. The Morgan fingerprint density at radius 1 is 1.26 bits per heavy atom. The number of halogens is 4. The molecule has 0 bridgehead atoms. The van der Waals surface area contributed by atoms with Gasteiger partial charge in [-0.25, -0.2) is 4.98 Å². The number of benzene rings is 1. The van der Waals surface area contributed by atoms with E-state index < -0.39 is 11.7 Å². The van der Waals surface area contributed by atoms with E-state index in [-0.39, 0.29) is 21.9 Å². The van der Waals surface area contributed by atoms with Gasteiger partial charge in [0.25, 0.3) is 5.56 Å². The standard InChI is InChI=1S/C22H21ClF3N3O2/c1-2-3-20-27-18-8-9-29(12-16(18)21(30)28-20)11-14-5-7-19(31-14)15-10-13(22(24,25)26)4-6-17(15)23/h4-7,10H,2-3,8-9,11-12H2,1H3,(H,27,28,30). The number of furan rings is 1. The normalized spacial score (nSPS) is 14.6. The van der Waals surface area contributed by atoms with E-state index in [4.69, 9.17) is 16.0 Å². The Kier molecular flexibility index (Phi) is 5.94. The third-order valence-electron chi connectivity index (χ3n) is 5.28. The maximum Gasteiger partial charge on any atom is 0.416 e. The first kappa shape index (κ1) is 21.6. The predicted molar refractivity (Wildman–Crippen MR) is 111 cm³/mol. The van der Waals surface area contributed by atoms with Crippen LogP contribution < -0.4 is 5.56 Å². The minimum Gasteiger partial charge on any atom is -0.460 e. The molecule has 164 valence electrons. The fourth-order valence-corrected chi connectivity index (χ4v) is 3.95. The van der Waals surface area contributed by atoms with Gasteiger partial charge in [-0.05, 0) is 36.8 Å². The summed E-state index contributed by atoms with van der Waals surface area (Å²) < 4.78 is 44.9. The van der Waals surface area contributed by atoms with Crippen LogP contribution in [0.3, 0.4) is 0 Å². The second-order valence-electron chi connectivity index (χ2n) is 7.61. The number of alkyl halides is 3. The zero-order valence-corrected chi connectivity index (χ0v) is 17.6. The fourth-order valence-electron chi connectivity index (χ4n) is 3.74. The van der Waals surface area contributed by atoms with Crippen LogP contribution in [-0.4, -0.2) is 21.4 Å². The van der Waals surface area contributed by atoms with Crippen molar-refractivity contribution in [3.05, 3.63) is 74.1 Å². The zero-order chi connectivity index (χ0) is 22.2. The van der Waals surface area contributed by atoms with Crippen molar-refractivity contribution in [3.63, 3.8) is 0 Å². The highest BCUT2D eigenvalue weighted by atomic mass is 35.5. The predicted octanol–water partition coefficient (Wildman–Crippen LogP) is 5.21. The van der Waals surface area contributed by atoms with Crippen LogP contribution in [0.2, 0.25) is 5.02 Å². The largest absolute Gasteiger partial charge is 0.460 e. The van der Waals surface area contributed by atoms with Crippen LogP contribution in [-0.2, 0) is 32.1 Å². The molecule has 0 atom stereocenters. The minimum absolute atomic E-state index is 0.117. The fraction of sp³-hybridized carbons (Fsp3) is 0.364. The van der Waals surface area contributed by atoms with E-state index in [2.05, 4.69) is 14.9 Å². The summed E-state index contributed by atoms with van der Waals surface area (Å²) in [5.41, 5.74) is 0.773. The molecule has 1 aromatic carbocycles. The highest BCUT2D eigenvalue weighted by Gasteiger charge is 2.31. The van der Waals surface area contributed by atoms with E-state index in [9.17, 15) is 18.0 Å². The Hall–Kier alpha value is -2.58. The van der Waals surface area contributed by atoms with Gasteiger partial charge in [-0.3, -0.25) is 9.69 Å². The molecule has 2 aromatic heterocycles. The Labute approximate surface area is 181 Å². The van der Waals surface area contributed by atoms with Crippen molar-refractivity contribution in [2.75, 3.05) is 6.54 Å². The van der Waals surface area contributed by atoms with Gasteiger partial charge in [-0.1, -0.05) is 18.5 Å². The van der Waals surface area contributed by atoms with E-state index >= 15 is 0 Å². The monoisotopic (exact) mass is 451 g/mol. The maximum absolute atomic E-state index is 13.0. The Balaban J connectivity index is 1.51. The molecule has 0 unspecified atom stereocenters. The second kappa shape index (κ2) is 8.51. The van der Waals surface area contributed by atoms with Gasteiger partial charge in [0.15, 0.2) is 0 Å². The number of H-pyrrole nitrogens is 1. The molecule has 0 radical (unpaired) electrons. The van der Waals surface area contributed by atoms with Gasteiger partial charge in [-0.2, -0.15) is 13.2 Å². The maximum atomic E-state index is 13.0. The molecular formula is C22H21ClF3N3O2. The summed E-state index contributed by atoms with van der Waals surface area (Å²) >= 11 is 6.11. The molecule has 5 nitrogen and oxygen atoms in total. The van der Waals surface area contributed by atoms with E-state index in [0.717, 1.165) is 30.7 Å². The lowest BCUT2D eigenvalue weighted by molar-refractivity contribution is -0.137. The van der Waals surface area contributed by atoms with Crippen molar-refractivity contribution in [1.29, 1.82) is 0 Å². The average molecular weight is 452 g/mol. The zero-order valence-electron chi connectivity index (χ0n) is 16.9. The first-order valence-electron chi connectivity index (χ1n) is 10.0. The molecule has 31 heavy (non-hydrogen) atoms. The molecule has 4 rings (SSSR count). The number of aryl methyl sites for hydroxylation is 1. The molecular weight excluding hydrogens is 431 g/mol. The van der Waals surface area contributed by atoms with Crippen molar-refractivity contribution >= 4 is 11.6 Å². The summed E-state index contributed by atoms with van der Waals surface area (Å²) in [6, 6.07) is 6.48. The van der Waals surface area contributed by atoms with Crippen LogP contribution in [0.15, 0.2) is 39.5 Å². The van der Waals surface area contributed by atoms with Crippen LogP contribution in [0.5, 0.6) is 0 Å². The van der Waals surface area contributed by atoms with Gasteiger partial charge in [0, 0.05) is 31.5 Å². The van der Waals surface area contributed by atoms with Crippen LogP contribution in [0.1, 0.15) is 41.8 Å². The summed E-state index contributed by atoms with van der Waals surface area (Å²) in [5.74, 6) is 1.57. The summed E-state index contributed by atoms with van der Waals surface area (Å²) in [7, 11) is 0. The van der Waals surface area contributed by atoms with Gasteiger partial charge in [0.2, 0.25) is 0 Å². The van der Waals surface area contributed by atoms with E-state index in [0.29, 0.717) is 43.2 Å². The number of hydrogen-bond donors (Lipinski definition) is 1. The van der Waals surface area contributed by atoms with Crippen molar-refractivity contribution in [2.45, 2.75) is 45.5 Å². The number of fused-ring (bicyclic) bond motifs is 1. The molecule has 9 heteroatoms. The van der Waals surface area contributed by atoms with E-state index in [1.54, 1.807) is 12.1 Å². The molecule has 0 spiro atoms. The van der Waals surface area contributed by atoms with Gasteiger partial charge in [0.1, 0.15) is 17.3 Å². The number of nitrogens with one attached hydrogen (secondary N) is 1. The van der Waals surface area contributed by atoms with E-state index in [1.165, 1.54) is 6.07 Å². The van der Waals surface area contributed by atoms with Crippen LogP contribution >= 0.6 is 11.6 Å². The van der Waals surface area contributed by atoms with Crippen molar-refractivity contribution in [3.8, 4) is 11.3 Å². The van der Waals surface area contributed by atoms with Crippen molar-refractivity contribution in [1.82, 2.24) is 14.9 Å². The highest BCUT2D eigenvalue weighted by Crippen LogP contribution is 2.36. The smallest absolute Gasteiger partial charge is 0.416 e. The van der Waals surface area contributed by atoms with Gasteiger partial charge in [-0.15, -0.1) is 0 Å². The first-order valence-corrected chi connectivity index (χ1v) is 10.4. The number of aromatic nitrogens is 2. The number of hydrogen-bond acceptors (Lipinski definition) is 4. The molecule has 0 amide bonds. The summed E-state index contributed by atoms with van der Waals surface area (Å²) in [5, 5.41) is 0.182. The number of aromatic amines is 1. The Morgan fingerprint density at radius 3 is 2.81 bits per heavy atom. The summed E-state index contributed by atoms with van der Waals surface area (Å²) in [4.78, 5) is 21.9. The average Bonchev–Trinajstić information content (AvgIpc) is 3.16. The first-order chi connectivity index (χ1) is 14.7. The number of rotatable bonds is 5. The Bertz CT molecular complexity index is 1150. The van der Waals surface area contributed by atoms with Gasteiger partial charge in [0.05, 0.1) is 28.4 Å². The molecule has 1 aliphatic rings. The van der Waals surface area contributed by atoms with Crippen LogP contribution in [0.4, 0.5) is 13.2 Å². The molecule has 1 N–H and O–H groups in total. The molecule has 0 saturated heterocycles. The van der Waals surface area contributed by atoms with Gasteiger partial charge < -0.3 is 9.40 Å². The third-order valence-corrected chi connectivity index (χ3v) is 5.61. The highest BCUT2D eigenvalue weighted by molar-refractivity contribution is 6.33. The van der Waals surface area contributed by atoms with Crippen molar-refractivity contribution in [2.24, 2.45) is 0 Å².